The van der Waals surface area contributed by atoms with Crippen LogP contribution in [0.4, 0.5) is 11.6 Å². The molecule has 2 N–H and O–H groups in total. The molecule has 0 radical (unpaired) electrons. The number of nitrogens with one attached hydrogen (secondary N) is 2. The number of rotatable bonds is 4. The van der Waals surface area contributed by atoms with Gasteiger partial charge in [0.05, 0.1) is 17.4 Å². The summed E-state index contributed by atoms with van der Waals surface area (Å²) in [6, 6.07) is 16.8. The van der Waals surface area contributed by atoms with Gasteiger partial charge in [-0.2, -0.15) is 0 Å². The average Bonchev–Trinajstić information content (AvgIpc) is 3.14. The van der Waals surface area contributed by atoms with E-state index in [0.29, 0.717) is 5.82 Å². The minimum atomic E-state index is 0.673. The minimum Gasteiger partial charge on any atom is -0.322 e. The molecule has 0 spiro atoms. The summed E-state index contributed by atoms with van der Waals surface area (Å²) in [6.07, 6.45) is 8.33. The molecule has 5 rings (SSSR count). The minimum absolute atomic E-state index is 0.673. The van der Waals surface area contributed by atoms with Crippen molar-refractivity contribution in [2.24, 2.45) is 0 Å². The molecule has 3 heterocycles. The highest BCUT2D eigenvalue weighted by molar-refractivity contribution is 5.92. The number of aromatic nitrogens is 4. The summed E-state index contributed by atoms with van der Waals surface area (Å²) in [4.78, 5) is 8.42. The van der Waals surface area contributed by atoms with E-state index in [-0.39, 0.29) is 0 Å². The van der Waals surface area contributed by atoms with Gasteiger partial charge in [-0.3, -0.25) is 4.98 Å². The molecular weight excluding hydrogens is 348 g/mol. The Bertz CT molecular complexity index is 1150. The van der Waals surface area contributed by atoms with Gasteiger partial charge in [0.1, 0.15) is 5.82 Å². The number of nitrogens with zero attached hydrogens (tertiary/aromatic N) is 4. The Balaban J connectivity index is 1.59. The zero-order chi connectivity index (χ0) is 18.8. The van der Waals surface area contributed by atoms with Crippen molar-refractivity contribution in [1.82, 2.24) is 25.1 Å². The first kappa shape index (κ1) is 16.6. The second kappa shape index (κ2) is 7.25. The maximum Gasteiger partial charge on any atom is 0.162 e. The Hall–Kier alpha value is -3.51. The lowest BCUT2D eigenvalue weighted by Gasteiger charge is -2.15. The topological polar surface area (TPSA) is 67.7 Å². The van der Waals surface area contributed by atoms with Gasteiger partial charge in [-0.15, -0.1) is 5.10 Å². The van der Waals surface area contributed by atoms with E-state index >= 15 is 0 Å². The largest absolute Gasteiger partial charge is 0.322 e. The molecule has 2 aromatic heterocycles. The third kappa shape index (κ3) is 3.14. The fourth-order valence-electron chi connectivity index (χ4n) is 3.56. The number of fused-ring (bicyclic) bond motifs is 1. The molecule has 0 amide bonds. The average molecular weight is 368 g/mol. The molecule has 1 aliphatic heterocycles. The first-order valence-electron chi connectivity index (χ1n) is 9.40. The highest BCUT2D eigenvalue weighted by Gasteiger charge is 2.13. The van der Waals surface area contributed by atoms with Gasteiger partial charge in [0.25, 0.3) is 0 Å². The molecule has 0 unspecified atom stereocenters. The molecule has 0 saturated heterocycles. The molecule has 6 heteroatoms. The van der Waals surface area contributed by atoms with Crippen molar-refractivity contribution in [2.45, 2.75) is 6.42 Å². The Morgan fingerprint density at radius 2 is 2.00 bits per heavy atom. The van der Waals surface area contributed by atoms with Crippen molar-refractivity contribution in [1.29, 1.82) is 0 Å². The summed E-state index contributed by atoms with van der Waals surface area (Å²) in [5, 5.41) is 12.5. The zero-order valence-electron chi connectivity index (χ0n) is 15.3. The van der Waals surface area contributed by atoms with Crippen LogP contribution in [0.25, 0.3) is 22.2 Å². The number of anilines is 2. The fourth-order valence-corrected chi connectivity index (χ4v) is 3.56. The Labute approximate surface area is 163 Å². The molecule has 28 heavy (non-hydrogen) atoms. The molecule has 0 fully saturated rings. The van der Waals surface area contributed by atoms with Crippen LogP contribution in [0, 0.1) is 0 Å². The molecule has 0 atom stereocenters. The summed E-state index contributed by atoms with van der Waals surface area (Å²) in [5.41, 5.74) is 4.72. The van der Waals surface area contributed by atoms with E-state index in [0.717, 1.165) is 41.9 Å². The molecule has 0 aliphatic carbocycles. The summed E-state index contributed by atoms with van der Waals surface area (Å²) in [5.74, 6) is 1.44. The van der Waals surface area contributed by atoms with E-state index < -0.39 is 0 Å². The molecule has 6 nitrogen and oxygen atoms in total. The first-order chi connectivity index (χ1) is 13.9. The number of hydrogen-bond acceptors (Lipinski definition) is 5. The number of benzene rings is 2. The van der Waals surface area contributed by atoms with Crippen molar-refractivity contribution in [3.05, 3.63) is 78.8 Å². The van der Waals surface area contributed by atoms with Gasteiger partial charge < -0.3 is 10.6 Å². The van der Waals surface area contributed by atoms with Crippen LogP contribution in [-0.2, 0) is 0 Å². The second-order valence-corrected chi connectivity index (χ2v) is 6.73. The highest BCUT2D eigenvalue weighted by Crippen LogP contribution is 2.29. The van der Waals surface area contributed by atoms with E-state index in [1.165, 1.54) is 11.1 Å². The first-order valence-corrected chi connectivity index (χ1v) is 9.40. The van der Waals surface area contributed by atoms with Crippen LogP contribution >= 0.6 is 0 Å². The third-order valence-corrected chi connectivity index (χ3v) is 4.92. The van der Waals surface area contributed by atoms with Gasteiger partial charge in [0, 0.05) is 24.3 Å². The predicted octanol–water partition coefficient (Wildman–Crippen LogP) is 3.94. The quantitative estimate of drug-likeness (QED) is 0.571. The van der Waals surface area contributed by atoms with E-state index in [1.54, 1.807) is 18.6 Å². The van der Waals surface area contributed by atoms with E-state index in [1.807, 2.05) is 16.8 Å². The lowest BCUT2D eigenvalue weighted by molar-refractivity contribution is 0.738. The maximum absolute atomic E-state index is 4.85. The van der Waals surface area contributed by atoms with Crippen molar-refractivity contribution in [3.8, 4) is 5.69 Å². The Morgan fingerprint density at radius 3 is 2.86 bits per heavy atom. The van der Waals surface area contributed by atoms with E-state index in [2.05, 4.69) is 63.1 Å². The molecule has 1 aliphatic rings. The van der Waals surface area contributed by atoms with E-state index in [4.69, 9.17) is 5.10 Å². The van der Waals surface area contributed by atoms with Gasteiger partial charge in [0.2, 0.25) is 0 Å². The third-order valence-electron chi connectivity index (χ3n) is 4.92. The maximum atomic E-state index is 4.85. The van der Waals surface area contributed by atoms with Crippen LogP contribution < -0.4 is 10.6 Å². The van der Waals surface area contributed by atoms with Crippen LogP contribution in [0.3, 0.4) is 0 Å². The predicted molar refractivity (Wildman–Crippen MR) is 112 cm³/mol. The van der Waals surface area contributed by atoms with Gasteiger partial charge >= 0.3 is 0 Å². The molecular formula is C22H20N6. The Kier molecular flexibility index (Phi) is 4.31. The van der Waals surface area contributed by atoms with Gasteiger partial charge in [0.15, 0.2) is 5.82 Å². The number of para-hydroxylation sites is 1. The molecule has 4 aromatic rings. The summed E-state index contributed by atoms with van der Waals surface area (Å²) < 4.78 is 1.99. The fraction of sp³-hybridized carbons (Fsp3) is 0.136. The normalized spacial score (nSPS) is 14.1. The number of hydrogen-bond donors (Lipinski definition) is 2. The summed E-state index contributed by atoms with van der Waals surface area (Å²) >= 11 is 0. The van der Waals surface area contributed by atoms with Crippen LogP contribution in [0.15, 0.2) is 73.2 Å². The second-order valence-electron chi connectivity index (χ2n) is 6.73. The monoisotopic (exact) mass is 368 g/mol. The van der Waals surface area contributed by atoms with Crippen LogP contribution in [0.2, 0.25) is 0 Å². The van der Waals surface area contributed by atoms with E-state index in [9.17, 15) is 0 Å². The lowest BCUT2D eigenvalue weighted by atomic mass is 10.00. The van der Waals surface area contributed by atoms with Crippen LogP contribution in [0.5, 0.6) is 0 Å². The van der Waals surface area contributed by atoms with Crippen molar-refractivity contribution in [2.75, 3.05) is 18.4 Å². The molecule has 2 aromatic carbocycles. The van der Waals surface area contributed by atoms with Gasteiger partial charge in [-0.05, 0) is 48.4 Å². The molecule has 0 saturated carbocycles. The smallest absolute Gasteiger partial charge is 0.162 e. The van der Waals surface area contributed by atoms with Crippen molar-refractivity contribution in [3.63, 3.8) is 0 Å². The molecule has 0 bridgehead atoms. The lowest BCUT2D eigenvalue weighted by Crippen LogP contribution is -2.20. The van der Waals surface area contributed by atoms with Gasteiger partial charge in [-0.25, -0.2) is 9.67 Å². The zero-order valence-corrected chi connectivity index (χ0v) is 15.3. The highest BCUT2D eigenvalue weighted by atomic mass is 15.3. The van der Waals surface area contributed by atoms with Crippen molar-refractivity contribution < 1.29 is 0 Å². The Morgan fingerprint density at radius 1 is 1.04 bits per heavy atom. The van der Waals surface area contributed by atoms with Crippen LogP contribution in [0.1, 0.15) is 12.0 Å². The summed E-state index contributed by atoms with van der Waals surface area (Å²) in [6.45, 7) is 1.95. The summed E-state index contributed by atoms with van der Waals surface area (Å²) in [7, 11) is 0. The molecule has 138 valence electrons. The van der Waals surface area contributed by atoms with Gasteiger partial charge in [-0.1, -0.05) is 30.3 Å². The van der Waals surface area contributed by atoms with Crippen LogP contribution in [-0.4, -0.2) is 32.8 Å². The SMILES string of the molecule is C1=C(c2cccc(-n3nc(Nc4cnccn4)c4ccccc43)c2)CCNC1. The standard InChI is InChI=1S/C22H20N6/c1-2-7-20-19(6-1)22(26-21-15-24-12-13-25-21)27-28(20)18-5-3-4-17(14-18)16-8-10-23-11-9-16/h1-8,12-15,23H,9-11H2,(H,25,26,27). The van der Waals surface area contributed by atoms with Crippen molar-refractivity contribution >= 4 is 28.1 Å².